The van der Waals surface area contributed by atoms with Gasteiger partial charge in [-0.1, -0.05) is 29.5 Å². The standard InChI is InChI=1S/C8H17N3.C2H5I/c1-4-9-8-10-6-5-7-11(2)3;1-2-3/h4-7H2,1-3H3;2H2,1H3. The summed E-state index contributed by atoms with van der Waals surface area (Å²) in [7, 11) is 4.12. The van der Waals surface area contributed by atoms with Crippen LogP contribution in [0.4, 0.5) is 0 Å². The molecule has 4 heteroatoms. The van der Waals surface area contributed by atoms with Crippen LogP contribution in [0.25, 0.3) is 0 Å². The molecule has 0 radical (unpaired) electrons. The molecule has 84 valence electrons. The number of hydrogen-bond acceptors (Lipinski definition) is 3. The fourth-order valence-electron chi connectivity index (χ4n) is 0.637. The van der Waals surface area contributed by atoms with Gasteiger partial charge < -0.3 is 4.90 Å². The van der Waals surface area contributed by atoms with E-state index in [-0.39, 0.29) is 0 Å². The molecule has 0 aromatic carbocycles. The average molecular weight is 311 g/mol. The van der Waals surface area contributed by atoms with Crippen molar-refractivity contribution in [2.45, 2.75) is 20.3 Å². The van der Waals surface area contributed by atoms with Crippen molar-refractivity contribution in [2.75, 3.05) is 38.2 Å². The van der Waals surface area contributed by atoms with E-state index in [0.29, 0.717) is 0 Å². The van der Waals surface area contributed by atoms with Crippen LogP contribution in [0.3, 0.4) is 0 Å². The minimum absolute atomic E-state index is 0.775. The summed E-state index contributed by atoms with van der Waals surface area (Å²) in [5, 5.41) is 0. The normalized spacial score (nSPS) is 8.71. The molecule has 0 saturated carbocycles. The van der Waals surface area contributed by atoms with E-state index in [1.165, 1.54) is 4.43 Å². The van der Waals surface area contributed by atoms with Crippen LogP contribution in [0.5, 0.6) is 0 Å². The lowest BCUT2D eigenvalue weighted by Gasteiger charge is -2.05. The molecule has 0 unspecified atom stereocenters. The average Bonchev–Trinajstić information content (AvgIpc) is 2.12. The van der Waals surface area contributed by atoms with E-state index in [4.69, 9.17) is 0 Å². The summed E-state index contributed by atoms with van der Waals surface area (Å²) in [5.74, 6) is 0. The van der Waals surface area contributed by atoms with Gasteiger partial charge in [-0.05, 0) is 38.4 Å². The number of nitrogens with zero attached hydrogens (tertiary/aromatic N) is 3. The number of rotatable bonds is 5. The summed E-state index contributed by atoms with van der Waals surface area (Å²) in [6, 6.07) is 2.64. The van der Waals surface area contributed by atoms with Gasteiger partial charge in [-0.15, -0.1) is 0 Å². The first-order valence-corrected chi connectivity index (χ1v) is 6.50. The van der Waals surface area contributed by atoms with Gasteiger partial charge in [-0.25, -0.2) is 9.98 Å². The molecule has 0 aliphatic rings. The lowest BCUT2D eigenvalue weighted by atomic mass is 10.4. The molecular weight excluding hydrogens is 289 g/mol. The molecule has 0 fully saturated rings. The highest BCUT2D eigenvalue weighted by Crippen LogP contribution is 1.82. The molecule has 0 N–H and O–H groups in total. The monoisotopic (exact) mass is 311 g/mol. The smallest absolute Gasteiger partial charge is 0.0892 e. The molecule has 0 aliphatic carbocycles. The van der Waals surface area contributed by atoms with Gasteiger partial charge in [-0.3, -0.25) is 0 Å². The third-order valence-corrected chi connectivity index (χ3v) is 1.17. The van der Waals surface area contributed by atoms with Gasteiger partial charge in [0.05, 0.1) is 12.6 Å². The molecule has 3 nitrogen and oxygen atoms in total. The van der Waals surface area contributed by atoms with E-state index in [2.05, 4.69) is 64.5 Å². The lowest BCUT2D eigenvalue weighted by Crippen LogP contribution is -2.13. The third-order valence-electron chi connectivity index (χ3n) is 1.17. The summed E-state index contributed by atoms with van der Waals surface area (Å²) in [5.41, 5.74) is 0. The van der Waals surface area contributed by atoms with Crippen LogP contribution in [0.15, 0.2) is 9.98 Å². The maximum absolute atomic E-state index is 3.99. The first-order chi connectivity index (χ1) is 6.68. The number of halogens is 1. The molecule has 0 bridgehead atoms. The van der Waals surface area contributed by atoms with Crippen molar-refractivity contribution in [1.82, 2.24) is 4.90 Å². The highest BCUT2D eigenvalue weighted by Gasteiger charge is 1.86. The molecule has 0 amide bonds. The molecular formula is C10H22IN3. The summed E-state index contributed by atoms with van der Waals surface area (Å²) in [4.78, 5) is 9.99. The fraction of sp³-hybridized carbons (Fsp3) is 0.900. The van der Waals surface area contributed by atoms with Crippen LogP contribution < -0.4 is 0 Å². The first-order valence-electron chi connectivity index (χ1n) is 4.97. The van der Waals surface area contributed by atoms with E-state index >= 15 is 0 Å². The van der Waals surface area contributed by atoms with Crippen molar-refractivity contribution in [3.8, 4) is 0 Å². The van der Waals surface area contributed by atoms with Crippen LogP contribution >= 0.6 is 22.6 Å². The Morgan fingerprint density at radius 2 is 1.79 bits per heavy atom. The van der Waals surface area contributed by atoms with Crippen molar-refractivity contribution in [3.63, 3.8) is 0 Å². The van der Waals surface area contributed by atoms with Gasteiger partial charge in [0.2, 0.25) is 0 Å². The van der Waals surface area contributed by atoms with Gasteiger partial charge in [0, 0.05) is 6.54 Å². The SMILES string of the molecule is CCI.CCN=C=NCCCN(C)C. The maximum atomic E-state index is 3.99. The van der Waals surface area contributed by atoms with Crippen molar-refractivity contribution in [2.24, 2.45) is 9.98 Å². The number of alkyl halides is 1. The van der Waals surface area contributed by atoms with E-state index in [0.717, 1.165) is 26.1 Å². The Labute approximate surface area is 102 Å². The van der Waals surface area contributed by atoms with Crippen LogP contribution in [-0.4, -0.2) is 49.1 Å². The highest BCUT2D eigenvalue weighted by molar-refractivity contribution is 14.1. The van der Waals surface area contributed by atoms with Gasteiger partial charge >= 0.3 is 0 Å². The predicted octanol–water partition coefficient (Wildman–Crippen LogP) is 2.57. The predicted molar refractivity (Wildman–Crippen MR) is 73.0 cm³/mol. The Bertz CT molecular complexity index is 151. The second-order valence-electron chi connectivity index (χ2n) is 2.88. The first kappa shape index (κ1) is 16.5. The Morgan fingerprint density at radius 3 is 2.21 bits per heavy atom. The van der Waals surface area contributed by atoms with Gasteiger partial charge in [0.1, 0.15) is 0 Å². The summed E-state index contributed by atoms with van der Waals surface area (Å²) >= 11 is 2.29. The topological polar surface area (TPSA) is 28.0 Å². The third kappa shape index (κ3) is 22.7. The molecule has 0 heterocycles. The fourth-order valence-corrected chi connectivity index (χ4v) is 0.637. The van der Waals surface area contributed by atoms with Gasteiger partial charge in [-0.2, -0.15) is 0 Å². The molecule has 0 aromatic heterocycles. The van der Waals surface area contributed by atoms with Crippen LogP contribution in [-0.2, 0) is 0 Å². The zero-order chi connectivity index (χ0) is 11.2. The molecule has 0 saturated heterocycles. The molecule has 0 aliphatic heterocycles. The number of aliphatic imine (C=N–C) groups is 2. The second kappa shape index (κ2) is 15.5. The lowest BCUT2D eigenvalue weighted by molar-refractivity contribution is 0.403. The highest BCUT2D eigenvalue weighted by atomic mass is 127. The van der Waals surface area contributed by atoms with Gasteiger partial charge in [0.25, 0.3) is 0 Å². The zero-order valence-corrected chi connectivity index (χ0v) is 11.9. The van der Waals surface area contributed by atoms with E-state index < -0.39 is 0 Å². The summed E-state index contributed by atoms with van der Waals surface area (Å²) in [6.45, 7) is 6.78. The zero-order valence-electron chi connectivity index (χ0n) is 9.76. The van der Waals surface area contributed by atoms with Crippen LogP contribution in [0.1, 0.15) is 20.3 Å². The van der Waals surface area contributed by atoms with Crippen molar-refractivity contribution >= 4 is 28.6 Å². The molecule has 14 heavy (non-hydrogen) atoms. The maximum Gasteiger partial charge on any atom is 0.0892 e. The van der Waals surface area contributed by atoms with E-state index in [1.54, 1.807) is 0 Å². The number of hydrogen-bond donors (Lipinski definition) is 0. The largest absolute Gasteiger partial charge is 0.309 e. The quantitative estimate of drug-likeness (QED) is 0.332. The Hall–Kier alpha value is 0.0700. The minimum atomic E-state index is 0.775. The van der Waals surface area contributed by atoms with Crippen LogP contribution in [0, 0.1) is 0 Å². The van der Waals surface area contributed by atoms with Crippen molar-refractivity contribution in [1.29, 1.82) is 0 Å². The van der Waals surface area contributed by atoms with Crippen LogP contribution in [0.2, 0.25) is 0 Å². The van der Waals surface area contributed by atoms with Crippen molar-refractivity contribution < 1.29 is 0 Å². The molecule has 0 rings (SSSR count). The second-order valence-corrected chi connectivity index (χ2v) is 4.41. The minimum Gasteiger partial charge on any atom is -0.309 e. The Kier molecular flexibility index (Phi) is 18.3. The van der Waals surface area contributed by atoms with Crippen molar-refractivity contribution in [3.05, 3.63) is 0 Å². The van der Waals surface area contributed by atoms with E-state index in [1.807, 2.05) is 6.92 Å². The molecule has 0 aromatic rings. The summed E-state index contributed by atoms with van der Waals surface area (Å²) in [6.07, 6.45) is 1.08. The summed E-state index contributed by atoms with van der Waals surface area (Å²) < 4.78 is 1.22. The van der Waals surface area contributed by atoms with Gasteiger partial charge in [0.15, 0.2) is 0 Å². The van der Waals surface area contributed by atoms with E-state index in [9.17, 15) is 0 Å². The molecule has 0 atom stereocenters. The Morgan fingerprint density at radius 1 is 1.21 bits per heavy atom. The Balaban J connectivity index is 0. The molecule has 0 spiro atoms.